The number of nitrogens with two attached hydrogens (primary N) is 1. The van der Waals surface area contributed by atoms with Gasteiger partial charge in [-0.05, 0) is 45.7 Å². The lowest BCUT2D eigenvalue weighted by atomic mass is 9.94. The summed E-state index contributed by atoms with van der Waals surface area (Å²) in [6.45, 7) is 2.42. The predicted octanol–water partition coefficient (Wildman–Crippen LogP) is 1.51. The zero-order valence-corrected chi connectivity index (χ0v) is 13.8. The molecule has 0 aromatic rings. The van der Waals surface area contributed by atoms with Gasteiger partial charge in [0.15, 0.2) is 0 Å². The summed E-state index contributed by atoms with van der Waals surface area (Å²) in [7, 11) is 3.86. The number of nitrogens with one attached hydrogen (secondary N) is 1. The van der Waals surface area contributed by atoms with Gasteiger partial charge in [0.1, 0.15) is 0 Å². The Bertz CT molecular complexity index is 281. The van der Waals surface area contributed by atoms with Gasteiger partial charge >= 0.3 is 0 Å². The summed E-state index contributed by atoms with van der Waals surface area (Å²) < 4.78 is 4.96. The van der Waals surface area contributed by atoms with Crippen molar-refractivity contribution in [2.24, 2.45) is 5.73 Å². The molecule has 0 radical (unpaired) electrons. The Kier molecular flexibility index (Phi) is 9.63. The van der Waals surface area contributed by atoms with Crippen LogP contribution in [0.2, 0.25) is 0 Å². The monoisotopic (exact) mass is 299 g/mol. The number of hydrogen-bond donors (Lipinski definition) is 2. The molecule has 124 valence electrons. The van der Waals surface area contributed by atoms with Crippen molar-refractivity contribution >= 4 is 5.91 Å². The van der Waals surface area contributed by atoms with E-state index in [-0.39, 0.29) is 5.91 Å². The van der Waals surface area contributed by atoms with E-state index in [4.69, 9.17) is 10.5 Å². The van der Waals surface area contributed by atoms with E-state index in [0.29, 0.717) is 19.6 Å². The van der Waals surface area contributed by atoms with Crippen LogP contribution in [0, 0.1) is 0 Å². The van der Waals surface area contributed by atoms with Crippen LogP contribution in [0.5, 0.6) is 0 Å². The van der Waals surface area contributed by atoms with Gasteiger partial charge in [-0.25, -0.2) is 0 Å². The van der Waals surface area contributed by atoms with Crippen LogP contribution < -0.4 is 11.1 Å². The molecule has 0 saturated heterocycles. The van der Waals surface area contributed by atoms with Crippen molar-refractivity contribution in [3.05, 3.63) is 0 Å². The van der Waals surface area contributed by atoms with Gasteiger partial charge in [0, 0.05) is 26.3 Å². The van der Waals surface area contributed by atoms with Gasteiger partial charge in [0.2, 0.25) is 5.91 Å². The maximum Gasteiger partial charge on any atom is 0.236 e. The minimum absolute atomic E-state index is 0.0357. The molecule has 21 heavy (non-hydrogen) atoms. The van der Waals surface area contributed by atoms with Crippen molar-refractivity contribution in [2.45, 2.75) is 63.5 Å². The van der Waals surface area contributed by atoms with Crippen LogP contribution in [0.1, 0.15) is 51.4 Å². The number of amides is 1. The molecule has 0 aromatic heterocycles. The molecular weight excluding hydrogens is 266 g/mol. The molecule has 5 heteroatoms. The normalized spacial score (nSPS) is 17.9. The quantitative estimate of drug-likeness (QED) is 0.600. The maximum atomic E-state index is 11.8. The van der Waals surface area contributed by atoms with Crippen LogP contribution in [-0.2, 0) is 9.53 Å². The molecule has 0 aliphatic heterocycles. The van der Waals surface area contributed by atoms with Crippen molar-refractivity contribution in [3.8, 4) is 0 Å². The molecule has 1 aliphatic rings. The van der Waals surface area contributed by atoms with Gasteiger partial charge in [0.05, 0.1) is 6.04 Å². The first-order valence-corrected chi connectivity index (χ1v) is 8.37. The standard InChI is InChI=1S/C16H33N3O2/c1-19(14-8-4-3-5-9-14)12-7-11-18-16(20)15(17)10-6-13-21-2/h14-15H,3-13,17H2,1-2H3,(H,18,20). The average molecular weight is 299 g/mol. The highest BCUT2D eigenvalue weighted by molar-refractivity contribution is 5.81. The Morgan fingerprint density at radius 3 is 2.71 bits per heavy atom. The van der Waals surface area contributed by atoms with Gasteiger partial charge in [-0.2, -0.15) is 0 Å². The second-order valence-electron chi connectivity index (χ2n) is 6.16. The fourth-order valence-corrected chi connectivity index (χ4v) is 2.95. The Labute approximate surface area is 129 Å². The van der Waals surface area contributed by atoms with Gasteiger partial charge in [-0.15, -0.1) is 0 Å². The van der Waals surface area contributed by atoms with Crippen LogP contribution >= 0.6 is 0 Å². The van der Waals surface area contributed by atoms with E-state index in [1.807, 2.05) is 0 Å². The Hall–Kier alpha value is -0.650. The summed E-state index contributed by atoms with van der Waals surface area (Å²) in [5, 5.41) is 2.94. The van der Waals surface area contributed by atoms with Gasteiger partial charge < -0.3 is 20.7 Å². The summed E-state index contributed by atoms with van der Waals surface area (Å²) in [5.74, 6) is -0.0357. The highest BCUT2D eigenvalue weighted by atomic mass is 16.5. The minimum Gasteiger partial charge on any atom is -0.385 e. The zero-order chi connectivity index (χ0) is 15.5. The molecule has 1 fully saturated rings. The molecule has 0 heterocycles. The molecule has 5 nitrogen and oxygen atoms in total. The summed E-state index contributed by atoms with van der Waals surface area (Å²) in [4.78, 5) is 14.2. The van der Waals surface area contributed by atoms with Crippen LogP contribution in [0.25, 0.3) is 0 Å². The molecule has 1 amide bonds. The third kappa shape index (κ3) is 7.79. The highest BCUT2D eigenvalue weighted by Gasteiger charge is 2.17. The van der Waals surface area contributed by atoms with Crippen molar-refractivity contribution < 1.29 is 9.53 Å². The van der Waals surface area contributed by atoms with Crippen molar-refractivity contribution in [3.63, 3.8) is 0 Å². The minimum atomic E-state index is -0.406. The largest absolute Gasteiger partial charge is 0.385 e. The van der Waals surface area contributed by atoms with E-state index < -0.39 is 6.04 Å². The number of hydrogen-bond acceptors (Lipinski definition) is 4. The lowest BCUT2D eigenvalue weighted by molar-refractivity contribution is -0.122. The molecule has 0 bridgehead atoms. The third-order valence-corrected chi connectivity index (χ3v) is 4.39. The van der Waals surface area contributed by atoms with Gasteiger partial charge in [-0.3, -0.25) is 4.79 Å². The topological polar surface area (TPSA) is 67.6 Å². The van der Waals surface area contributed by atoms with Gasteiger partial charge in [-0.1, -0.05) is 19.3 Å². The van der Waals surface area contributed by atoms with E-state index in [2.05, 4.69) is 17.3 Å². The molecule has 0 aromatic carbocycles. The highest BCUT2D eigenvalue weighted by Crippen LogP contribution is 2.21. The molecule has 1 rings (SSSR count). The molecule has 3 N–H and O–H groups in total. The maximum absolute atomic E-state index is 11.8. The second kappa shape index (κ2) is 11.0. The van der Waals surface area contributed by atoms with Crippen molar-refractivity contribution in [1.29, 1.82) is 0 Å². The number of carbonyl (C=O) groups is 1. The SMILES string of the molecule is COCCCC(N)C(=O)NCCCN(C)C1CCCCC1. The Balaban J connectivity index is 2.05. The number of carbonyl (C=O) groups excluding carboxylic acids is 1. The summed E-state index contributed by atoms with van der Waals surface area (Å²) in [6, 6.07) is 0.335. The lowest BCUT2D eigenvalue weighted by Crippen LogP contribution is -2.42. The van der Waals surface area contributed by atoms with E-state index in [1.165, 1.54) is 32.1 Å². The molecular formula is C16H33N3O2. The molecule has 1 saturated carbocycles. The molecule has 1 atom stereocenters. The van der Waals surface area contributed by atoms with Crippen LogP contribution in [0.4, 0.5) is 0 Å². The van der Waals surface area contributed by atoms with Crippen molar-refractivity contribution in [2.75, 3.05) is 33.9 Å². The predicted molar refractivity (Wildman–Crippen MR) is 86.2 cm³/mol. The smallest absolute Gasteiger partial charge is 0.236 e. The van der Waals surface area contributed by atoms with Crippen LogP contribution in [0.3, 0.4) is 0 Å². The van der Waals surface area contributed by atoms with Gasteiger partial charge in [0.25, 0.3) is 0 Å². The first kappa shape index (κ1) is 18.4. The summed E-state index contributed by atoms with van der Waals surface area (Å²) in [6.07, 6.45) is 9.27. The van der Waals surface area contributed by atoms with Crippen LogP contribution in [0.15, 0.2) is 0 Å². The second-order valence-corrected chi connectivity index (χ2v) is 6.16. The summed E-state index contributed by atoms with van der Waals surface area (Å²) in [5.41, 5.74) is 5.84. The summed E-state index contributed by atoms with van der Waals surface area (Å²) >= 11 is 0. The zero-order valence-electron chi connectivity index (χ0n) is 13.8. The molecule has 1 aliphatic carbocycles. The van der Waals surface area contributed by atoms with E-state index in [1.54, 1.807) is 7.11 Å². The first-order valence-electron chi connectivity index (χ1n) is 8.37. The van der Waals surface area contributed by atoms with Crippen LogP contribution in [-0.4, -0.2) is 56.7 Å². The number of ether oxygens (including phenoxy) is 1. The van der Waals surface area contributed by atoms with E-state index in [9.17, 15) is 4.79 Å². The number of nitrogens with zero attached hydrogens (tertiary/aromatic N) is 1. The third-order valence-electron chi connectivity index (χ3n) is 4.39. The van der Waals surface area contributed by atoms with Crippen molar-refractivity contribution in [1.82, 2.24) is 10.2 Å². The Morgan fingerprint density at radius 1 is 1.33 bits per heavy atom. The molecule has 0 spiro atoms. The number of methoxy groups -OCH3 is 1. The fraction of sp³-hybridized carbons (Fsp3) is 0.938. The lowest BCUT2D eigenvalue weighted by Gasteiger charge is -2.31. The average Bonchev–Trinajstić information content (AvgIpc) is 2.52. The first-order chi connectivity index (χ1) is 10.1. The van der Waals surface area contributed by atoms with E-state index >= 15 is 0 Å². The van der Waals surface area contributed by atoms with E-state index in [0.717, 1.165) is 25.4 Å². The number of rotatable bonds is 10. The molecule has 1 unspecified atom stereocenters. The Morgan fingerprint density at radius 2 is 2.05 bits per heavy atom. The fourth-order valence-electron chi connectivity index (χ4n) is 2.95.